The summed E-state index contributed by atoms with van der Waals surface area (Å²) < 4.78 is 0. The van der Waals surface area contributed by atoms with Gasteiger partial charge in [0.05, 0.1) is 0 Å². The number of aryl methyl sites for hydroxylation is 1. The van der Waals surface area contributed by atoms with Gasteiger partial charge in [-0.05, 0) is 23.1 Å². The molecule has 0 heterocycles. The molecule has 0 radical (unpaired) electrons. The van der Waals surface area contributed by atoms with E-state index in [0.717, 1.165) is 11.8 Å². The maximum atomic E-state index is 3.49. The maximum absolute atomic E-state index is 3.49. The summed E-state index contributed by atoms with van der Waals surface area (Å²) in [6.07, 6.45) is 1.07. The second-order valence-electron chi connectivity index (χ2n) is 3.46. The van der Waals surface area contributed by atoms with Gasteiger partial charge < -0.3 is 0 Å². The minimum atomic E-state index is 1.01. The van der Waals surface area contributed by atoms with Gasteiger partial charge in [-0.25, -0.2) is 0 Å². The smallest absolute Gasteiger partial charge is 0.00720 e. The minimum Gasteiger partial charge on any atom is -0.0924 e. The number of halogens is 1. The zero-order chi connectivity index (χ0) is 10.5. The maximum Gasteiger partial charge on any atom is 0.00720 e. The Labute approximate surface area is 99.1 Å². The third-order valence-corrected chi connectivity index (χ3v) is 2.86. The summed E-state index contributed by atoms with van der Waals surface area (Å²) >= 11 is 3.49. The second kappa shape index (κ2) is 5.13. The van der Waals surface area contributed by atoms with Gasteiger partial charge in [-0.1, -0.05) is 70.5 Å². The van der Waals surface area contributed by atoms with Crippen molar-refractivity contribution in [2.75, 3.05) is 5.33 Å². The van der Waals surface area contributed by atoms with E-state index in [1.165, 1.54) is 16.7 Å². The molecule has 0 aliphatic heterocycles. The van der Waals surface area contributed by atoms with Crippen LogP contribution in [-0.4, -0.2) is 5.33 Å². The van der Waals surface area contributed by atoms with Crippen LogP contribution in [0, 0.1) is 0 Å². The normalized spacial score (nSPS) is 10.2. The van der Waals surface area contributed by atoms with Crippen LogP contribution in [0.2, 0.25) is 0 Å². The largest absolute Gasteiger partial charge is 0.0924 e. The average Bonchev–Trinajstić information content (AvgIpc) is 2.31. The average molecular weight is 261 g/mol. The standard InChI is InChI=1S/C14H13Br/c15-11-10-13-8-4-5-9-14(13)12-6-2-1-3-7-12/h1-9H,10-11H2. The Morgan fingerprint density at radius 1 is 0.800 bits per heavy atom. The van der Waals surface area contributed by atoms with E-state index in [2.05, 4.69) is 70.5 Å². The Kier molecular flexibility index (Phi) is 3.57. The Balaban J connectivity index is 2.43. The fraction of sp³-hybridized carbons (Fsp3) is 0.143. The molecule has 2 aromatic carbocycles. The van der Waals surface area contributed by atoms with E-state index >= 15 is 0 Å². The molecule has 2 rings (SSSR count). The van der Waals surface area contributed by atoms with Gasteiger partial charge in [0.15, 0.2) is 0 Å². The second-order valence-corrected chi connectivity index (χ2v) is 4.26. The van der Waals surface area contributed by atoms with Crippen molar-refractivity contribution >= 4 is 15.9 Å². The molecule has 0 N–H and O–H groups in total. The van der Waals surface area contributed by atoms with Gasteiger partial charge in [0.2, 0.25) is 0 Å². The molecule has 0 saturated carbocycles. The van der Waals surface area contributed by atoms with E-state index in [-0.39, 0.29) is 0 Å². The molecule has 1 heteroatoms. The molecule has 0 unspecified atom stereocenters. The zero-order valence-electron chi connectivity index (χ0n) is 8.49. The van der Waals surface area contributed by atoms with Gasteiger partial charge in [0, 0.05) is 5.33 Å². The highest BCUT2D eigenvalue weighted by atomic mass is 79.9. The number of benzene rings is 2. The van der Waals surface area contributed by atoms with E-state index < -0.39 is 0 Å². The first-order valence-electron chi connectivity index (χ1n) is 5.11. The molecule has 0 saturated heterocycles. The van der Waals surface area contributed by atoms with Crippen molar-refractivity contribution < 1.29 is 0 Å². The summed E-state index contributed by atoms with van der Waals surface area (Å²) in [5.74, 6) is 0. The summed E-state index contributed by atoms with van der Waals surface area (Å²) in [5, 5.41) is 1.01. The van der Waals surface area contributed by atoms with Crippen molar-refractivity contribution in [2.24, 2.45) is 0 Å². The molecular weight excluding hydrogens is 248 g/mol. The molecule has 15 heavy (non-hydrogen) atoms. The highest BCUT2D eigenvalue weighted by molar-refractivity contribution is 9.09. The first kappa shape index (κ1) is 10.4. The van der Waals surface area contributed by atoms with E-state index in [4.69, 9.17) is 0 Å². The van der Waals surface area contributed by atoms with Gasteiger partial charge in [-0.3, -0.25) is 0 Å². The van der Waals surface area contributed by atoms with Crippen LogP contribution in [0.15, 0.2) is 54.6 Å². The van der Waals surface area contributed by atoms with E-state index in [1.54, 1.807) is 0 Å². The van der Waals surface area contributed by atoms with Crippen LogP contribution >= 0.6 is 15.9 Å². The quantitative estimate of drug-likeness (QED) is 0.723. The van der Waals surface area contributed by atoms with Crippen LogP contribution in [-0.2, 0) is 6.42 Å². The van der Waals surface area contributed by atoms with Gasteiger partial charge in [-0.15, -0.1) is 0 Å². The van der Waals surface area contributed by atoms with Crippen molar-refractivity contribution in [1.82, 2.24) is 0 Å². The van der Waals surface area contributed by atoms with Crippen LogP contribution < -0.4 is 0 Å². The molecule has 0 aliphatic carbocycles. The Hall–Kier alpha value is -1.08. The third kappa shape index (κ3) is 2.48. The van der Waals surface area contributed by atoms with Crippen molar-refractivity contribution in [3.63, 3.8) is 0 Å². The third-order valence-electron chi connectivity index (χ3n) is 2.47. The summed E-state index contributed by atoms with van der Waals surface area (Å²) in [6, 6.07) is 19.1. The van der Waals surface area contributed by atoms with Gasteiger partial charge in [-0.2, -0.15) is 0 Å². The molecule has 0 spiro atoms. The van der Waals surface area contributed by atoms with Crippen LogP contribution in [0.3, 0.4) is 0 Å². The number of rotatable bonds is 3. The van der Waals surface area contributed by atoms with Gasteiger partial charge in [0.1, 0.15) is 0 Å². The van der Waals surface area contributed by atoms with Crippen LogP contribution in [0.25, 0.3) is 11.1 Å². The van der Waals surface area contributed by atoms with E-state index in [9.17, 15) is 0 Å². The number of hydrogen-bond acceptors (Lipinski definition) is 0. The Bertz CT molecular complexity index is 420. The molecule has 0 aromatic heterocycles. The van der Waals surface area contributed by atoms with E-state index in [1.807, 2.05) is 0 Å². The predicted molar refractivity (Wildman–Crippen MR) is 69.4 cm³/mol. The molecule has 0 amide bonds. The summed E-state index contributed by atoms with van der Waals surface area (Å²) in [7, 11) is 0. The topological polar surface area (TPSA) is 0 Å². The summed E-state index contributed by atoms with van der Waals surface area (Å²) in [4.78, 5) is 0. The van der Waals surface area contributed by atoms with Gasteiger partial charge in [0.25, 0.3) is 0 Å². The van der Waals surface area contributed by atoms with Crippen molar-refractivity contribution in [3.05, 3.63) is 60.2 Å². The lowest BCUT2D eigenvalue weighted by atomic mass is 9.98. The fourth-order valence-electron chi connectivity index (χ4n) is 1.74. The minimum absolute atomic E-state index is 1.01. The zero-order valence-corrected chi connectivity index (χ0v) is 10.1. The van der Waals surface area contributed by atoms with Crippen molar-refractivity contribution in [2.45, 2.75) is 6.42 Å². The highest BCUT2D eigenvalue weighted by Gasteiger charge is 2.02. The molecule has 0 bridgehead atoms. The lowest BCUT2D eigenvalue weighted by Crippen LogP contribution is -1.90. The SMILES string of the molecule is BrCCc1ccccc1-c1ccccc1. The molecule has 0 atom stereocenters. The molecule has 76 valence electrons. The van der Waals surface area contributed by atoms with E-state index in [0.29, 0.717) is 0 Å². The van der Waals surface area contributed by atoms with Crippen LogP contribution in [0.1, 0.15) is 5.56 Å². The first-order chi connectivity index (χ1) is 7.42. The summed E-state index contributed by atoms with van der Waals surface area (Å²) in [6.45, 7) is 0. The first-order valence-corrected chi connectivity index (χ1v) is 6.23. The lowest BCUT2D eigenvalue weighted by Gasteiger charge is -2.07. The monoisotopic (exact) mass is 260 g/mol. The van der Waals surface area contributed by atoms with Crippen molar-refractivity contribution in [1.29, 1.82) is 0 Å². The molecular formula is C14H13Br. The van der Waals surface area contributed by atoms with Crippen molar-refractivity contribution in [3.8, 4) is 11.1 Å². The lowest BCUT2D eigenvalue weighted by molar-refractivity contribution is 1.17. The van der Waals surface area contributed by atoms with Crippen LogP contribution in [0.5, 0.6) is 0 Å². The highest BCUT2D eigenvalue weighted by Crippen LogP contribution is 2.23. The Morgan fingerprint density at radius 3 is 2.20 bits per heavy atom. The number of alkyl halides is 1. The summed E-state index contributed by atoms with van der Waals surface area (Å²) in [5.41, 5.74) is 4.05. The fourth-order valence-corrected chi connectivity index (χ4v) is 2.17. The molecule has 0 nitrogen and oxygen atoms in total. The molecule has 2 aromatic rings. The predicted octanol–water partition coefficient (Wildman–Crippen LogP) is 4.29. The Morgan fingerprint density at radius 2 is 1.47 bits per heavy atom. The molecule has 0 fully saturated rings. The van der Waals surface area contributed by atoms with Gasteiger partial charge >= 0.3 is 0 Å². The number of hydrogen-bond donors (Lipinski definition) is 0. The molecule has 0 aliphatic rings. The van der Waals surface area contributed by atoms with Crippen LogP contribution in [0.4, 0.5) is 0 Å².